The van der Waals surface area contributed by atoms with E-state index in [0.717, 1.165) is 161 Å². The van der Waals surface area contributed by atoms with E-state index in [1.165, 1.54) is 44.9 Å². The van der Waals surface area contributed by atoms with Gasteiger partial charge in [-0.05, 0) is 269 Å². The van der Waals surface area contributed by atoms with Gasteiger partial charge in [0.1, 0.15) is 0 Å². The maximum absolute atomic E-state index is 3.65. The second-order valence-electron chi connectivity index (χ2n) is 37.3. The molecule has 0 spiro atoms. The van der Waals surface area contributed by atoms with Crippen molar-refractivity contribution < 1.29 is 0 Å². The second kappa shape index (κ2) is 22.6. The Morgan fingerprint density at radius 2 is 0.633 bits per heavy atom. The summed E-state index contributed by atoms with van der Waals surface area (Å²) in [5, 5.41) is 0. The van der Waals surface area contributed by atoms with Gasteiger partial charge in [0.2, 0.25) is 0 Å². The van der Waals surface area contributed by atoms with E-state index in [4.69, 9.17) is 0 Å². The Morgan fingerprint density at radius 1 is 0.266 bits per heavy atom. The van der Waals surface area contributed by atoms with Crippen molar-refractivity contribution in [2.75, 3.05) is 0 Å². The smallest absolute Gasteiger partial charge is 0.156 e. The lowest BCUT2D eigenvalue weighted by Crippen LogP contribution is -2.75. The van der Waals surface area contributed by atoms with Crippen molar-refractivity contribution in [3.05, 3.63) is 0 Å². The summed E-state index contributed by atoms with van der Waals surface area (Å²) >= 11 is 0. The molecule has 2 saturated heterocycles. The van der Waals surface area contributed by atoms with Crippen LogP contribution in [-0.4, -0.2) is 52.8 Å². The monoisotopic (exact) mass is 1080 g/mol. The summed E-state index contributed by atoms with van der Waals surface area (Å²) < 4.78 is 0. The zero-order valence-electron chi connectivity index (χ0n) is 53.9. The summed E-state index contributed by atoms with van der Waals surface area (Å²) in [4.78, 5) is 7.27. The van der Waals surface area contributed by atoms with Crippen molar-refractivity contribution in [1.29, 1.82) is 0 Å². The van der Waals surface area contributed by atoms with Gasteiger partial charge >= 0.3 is 0 Å². The molecule has 0 aromatic carbocycles. The summed E-state index contributed by atoms with van der Waals surface area (Å²) in [5.41, 5.74) is 1.31. The van der Waals surface area contributed by atoms with Gasteiger partial charge in [0.05, 0.1) is 0 Å². The lowest BCUT2D eigenvalue weighted by atomic mass is 9.17. The van der Waals surface area contributed by atoms with Gasteiger partial charge in [-0.15, -0.1) is 0 Å². The molecular formula is C76H129BN2. The fourth-order valence-corrected chi connectivity index (χ4v) is 27.4. The largest absolute Gasteiger partial charge is 0.295 e. The molecule has 0 aromatic rings. The van der Waals surface area contributed by atoms with Gasteiger partial charge in [0, 0.05) is 36.3 Å². The number of hydrogen-bond donors (Lipinski definition) is 0. The number of fused-ring (bicyclic) bond motifs is 4. The molecule has 12 saturated carbocycles. The third kappa shape index (κ3) is 10.7. The molecule has 12 aliphatic carbocycles. The van der Waals surface area contributed by atoms with E-state index in [-0.39, 0.29) is 0 Å². The summed E-state index contributed by atoms with van der Waals surface area (Å²) in [7, 11) is 0. The van der Waals surface area contributed by atoms with Crippen molar-refractivity contribution in [3.8, 4) is 0 Å². The predicted octanol–water partition coefficient (Wildman–Crippen LogP) is 21.0. The maximum Gasteiger partial charge on any atom is 0.156 e. The molecule has 14 fully saturated rings. The Morgan fingerprint density at radius 3 is 1.11 bits per heavy atom. The molecule has 19 atom stereocenters. The summed E-state index contributed by atoms with van der Waals surface area (Å²) in [6, 6.07) is 5.19. The lowest BCUT2D eigenvalue weighted by Gasteiger charge is -2.71. The van der Waals surface area contributed by atoms with E-state index in [1.54, 1.807) is 199 Å². The molecule has 19 unspecified atom stereocenters. The van der Waals surface area contributed by atoms with Crippen LogP contribution in [0.25, 0.3) is 0 Å². The van der Waals surface area contributed by atoms with Crippen molar-refractivity contribution in [2.24, 2.45) is 117 Å². The highest BCUT2D eigenvalue weighted by molar-refractivity contribution is 6.65. The van der Waals surface area contributed by atoms with Crippen LogP contribution < -0.4 is 0 Å². The van der Waals surface area contributed by atoms with Gasteiger partial charge in [0.25, 0.3) is 0 Å². The van der Waals surface area contributed by atoms with E-state index >= 15 is 0 Å². The molecule has 2 heterocycles. The molecule has 0 aromatic heterocycles. The van der Waals surface area contributed by atoms with Crippen LogP contribution in [-0.2, 0) is 0 Å². The van der Waals surface area contributed by atoms with Crippen molar-refractivity contribution in [1.82, 2.24) is 9.80 Å². The first-order chi connectivity index (χ1) is 38.0. The topological polar surface area (TPSA) is 6.48 Å². The lowest BCUT2D eigenvalue weighted by molar-refractivity contribution is -0.153. The van der Waals surface area contributed by atoms with Gasteiger partial charge in [-0.3, -0.25) is 9.80 Å². The normalized spacial score (nSPS) is 49.0. The quantitative estimate of drug-likeness (QED) is 0.245. The highest BCUT2D eigenvalue weighted by atomic mass is 15.3. The molecular weight excluding hydrogens is 952 g/mol. The molecule has 3 heteroatoms. The molecule has 79 heavy (non-hydrogen) atoms. The molecule has 0 radical (unpaired) electrons. The number of nitrogens with zero attached hydrogens (tertiary/aromatic N) is 2. The first kappa shape index (κ1) is 56.8. The highest BCUT2D eigenvalue weighted by Gasteiger charge is 2.68. The molecule has 14 rings (SSSR count). The summed E-state index contributed by atoms with van der Waals surface area (Å²) in [5.74, 6) is 20.2. The second-order valence-corrected chi connectivity index (χ2v) is 37.3. The van der Waals surface area contributed by atoms with E-state index < -0.39 is 0 Å². The van der Waals surface area contributed by atoms with Crippen molar-refractivity contribution >= 4 is 6.71 Å². The molecule has 0 N–H and O–H groups in total. The van der Waals surface area contributed by atoms with Crippen LogP contribution in [0, 0.1) is 117 Å². The van der Waals surface area contributed by atoms with Crippen LogP contribution in [0.3, 0.4) is 0 Å². The first-order valence-corrected chi connectivity index (χ1v) is 37.6. The minimum Gasteiger partial charge on any atom is -0.295 e. The van der Waals surface area contributed by atoms with E-state index in [0.29, 0.717) is 16.2 Å². The van der Waals surface area contributed by atoms with Gasteiger partial charge in [0.15, 0.2) is 6.71 Å². The van der Waals surface area contributed by atoms with Gasteiger partial charge < -0.3 is 0 Å². The van der Waals surface area contributed by atoms with E-state index in [9.17, 15) is 0 Å². The van der Waals surface area contributed by atoms with Crippen LogP contribution in [0.5, 0.6) is 0 Å². The molecule has 2 nitrogen and oxygen atoms in total. The molecule has 2 aliphatic heterocycles. The van der Waals surface area contributed by atoms with Crippen LogP contribution in [0.1, 0.15) is 306 Å². The minimum atomic E-state index is 0.393. The van der Waals surface area contributed by atoms with Crippen molar-refractivity contribution in [2.45, 2.75) is 360 Å². The fraction of sp³-hybridized carbons (Fsp3) is 1.00. The molecule has 14 aliphatic rings. The Hall–Kier alpha value is -0.0151. The van der Waals surface area contributed by atoms with Crippen LogP contribution >= 0.6 is 0 Å². The average molecular weight is 1080 g/mol. The molecule has 0 amide bonds. The zero-order valence-corrected chi connectivity index (χ0v) is 53.9. The third-order valence-corrected chi connectivity index (χ3v) is 31.2. The van der Waals surface area contributed by atoms with Crippen LogP contribution in [0.2, 0.25) is 17.5 Å². The fourth-order valence-electron chi connectivity index (χ4n) is 27.4. The Balaban J connectivity index is 0.849. The van der Waals surface area contributed by atoms with Crippen molar-refractivity contribution in [3.63, 3.8) is 0 Å². The van der Waals surface area contributed by atoms with E-state index in [1.807, 2.05) is 0 Å². The Bertz CT molecular complexity index is 2000. The van der Waals surface area contributed by atoms with Crippen LogP contribution in [0.4, 0.5) is 0 Å². The highest BCUT2D eigenvalue weighted by Crippen LogP contribution is 2.70. The maximum atomic E-state index is 3.65. The summed E-state index contributed by atoms with van der Waals surface area (Å²) in [6.07, 6.45) is 59.6. The van der Waals surface area contributed by atoms with Gasteiger partial charge in [-0.25, -0.2) is 0 Å². The minimum absolute atomic E-state index is 0.393. The average Bonchev–Trinajstić information content (AvgIpc) is 3.20. The van der Waals surface area contributed by atoms with Gasteiger partial charge in [-0.2, -0.15) is 0 Å². The molecule has 0 bridgehead atoms. The first-order valence-electron chi connectivity index (χ1n) is 37.6. The number of rotatable bonds is 6. The van der Waals surface area contributed by atoms with E-state index in [2.05, 4.69) is 72.1 Å². The number of hydrogen-bond acceptors (Lipinski definition) is 2. The summed E-state index contributed by atoms with van der Waals surface area (Å²) in [6.45, 7) is 25.2. The predicted molar refractivity (Wildman–Crippen MR) is 337 cm³/mol. The van der Waals surface area contributed by atoms with Gasteiger partial charge in [-0.1, -0.05) is 171 Å². The SMILES string of the molecule is CC(C)(C)C1CC2CCC3CC(C(C)(C)C)CC4C(C5CCC6C(C5)B5C7CC(C8CCCCC8)CCC7N(C7CCC(C8CCCCC8)CC7)C7CC(C(C)(C)C)CC(C57)N6C5CCC(C6CCCCC6)CC5)CC(C1)C2C34. The zero-order chi connectivity index (χ0) is 54.1. The Kier molecular flexibility index (Phi) is 16.2. The molecule has 446 valence electrons. The standard InChI is InChI=1S/C76H129BN2/c1-74(2,3)58-39-55-25-26-56-40-59(75(4,5)6)45-64-63(42-57(41-58)71(55)72(56)64)54-32-38-68-66(44-54)77-65-43-53(50-23-17-12-18-24-50)31-37-67(65)78(61-33-27-51(28-34-61)48-19-13-10-14-20-48)69-46-60(76(7,8)9)47-70(73(69)77)79(68)62-35-29-52(30-36-62)49-21-15-11-16-22-49/h48-73H,10-47H2,1-9H3. The third-order valence-electron chi connectivity index (χ3n) is 31.2. The Labute approximate surface area is 490 Å². The van der Waals surface area contributed by atoms with Crippen LogP contribution in [0.15, 0.2) is 0 Å².